The van der Waals surface area contributed by atoms with Crippen molar-refractivity contribution in [3.63, 3.8) is 0 Å². The molecule has 1 aromatic carbocycles. The van der Waals surface area contributed by atoms with E-state index in [9.17, 15) is 4.79 Å². The number of hydrogen-bond donors (Lipinski definition) is 0. The highest BCUT2D eigenvalue weighted by atomic mass is 16.8. The lowest BCUT2D eigenvalue weighted by Crippen LogP contribution is -2.39. The molecule has 1 unspecified atom stereocenters. The summed E-state index contributed by atoms with van der Waals surface area (Å²) in [6, 6.07) is 11.7. The molecule has 1 fully saturated rings. The number of aromatic nitrogens is 3. The molecular weight excluding hydrogens is 458 g/mol. The van der Waals surface area contributed by atoms with Crippen molar-refractivity contribution in [3.8, 4) is 0 Å². The van der Waals surface area contributed by atoms with Gasteiger partial charge in [0.15, 0.2) is 17.7 Å². The van der Waals surface area contributed by atoms with Crippen LogP contribution in [0.1, 0.15) is 65.5 Å². The molecule has 194 valence electrons. The molecule has 0 bridgehead atoms. The molecular formula is C27H37N5O4. The number of likely N-dealkylation sites (N-methyl/N-ethyl adjacent to an activating group) is 1. The van der Waals surface area contributed by atoms with E-state index in [1.165, 1.54) is 0 Å². The van der Waals surface area contributed by atoms with Crippen LogP contribution in [0.4, 0.5) is 16.4 Å². The van der Waals surface area contributed by atoms with E-state index in [2.05, 4.69) is 18.9 Å². The van der Waals surface area contributed by atoms with Crippen molar-refractivity contribution in [3.05, 3.63) is 53.7 Å². The van der Waals surface area contributed by atoms with Gasteiger partial charge in [-0.1, -0.05) is 44.2 Å². The minimum Gasteiger partial charge on any atom is -0.443 e. The Morgan fingerprint density at radius 3 is 2.53 bits per heavy atom. The van der Waals surface area contributed by atoms with E-state index in [-0.39, 0.29) is 12.1 Å². The van der Waals surface area contributed by atoms with Crippen molar-refractivity contribution in [1.82, 2.24) is 14.6 Å². The summed E-state index contributed by atoms with van der Waals surface area (Å²) in [7, 11) is 1.92. The number of nitrogens with zero attached hydrogens (tertiary/aromatic N) is 5. The zero-order chi connectivity index (χ0) is 26.3. The van der Waals surface area contributed by atoms with E-state index in [1.807, 2.05) is 89.2 Å². The van der Waals surface area contributed by atoms with Crippen LogP contribution in [0, 0.1) is 0 Å². The van der Waals surface area contributed by atoms with Crippen molar-refractivity contribution in [2.24, 2.45) is 0 Å². The summed E-state index contributed by atoms with van der Waals surface area (Å²) in [5.41, 5.74) is 1.98. The van der Waals surface area contributed by atoms with E-state index in [1.54, 1.807) is 9.42 Å². The van der Waals surface area contributed by atoms with Gasteiger partial charge in [0.1, 0.15) is 17.2 Å². The van der Waals surface area contributed by atoms with Crippen LogP contribution in [-0.2, 0) is 20.8 Å². The van der Waals surface area contributed by atoms with Crippen molar-refractivity contribution >= 4 is 23.4 Å². The molecule has 1 amide bonds. The van der Waals surface area contributed by atoms with Crippen molar-refractivity contribution in [2.75, 3.05) is 23.5 Å². The second kappa shape index (κ2) is 9.71. The molecule has 0 radical (unpaired) electrons. The van der Waals surface area contributed by atoms with Crippen LogP contribution in [0.15, 0.2) is 42.6 Å². The monoisotopic (exact) mass is 495 g/mol. The highest BCUT2D eigenvalue weighted by molar-refractivity contribution is 5.88. The van der Waals surface area contributed by atoms with Gasteiger partial charge in [-0.3, -0.25) is 4.90 Å². The van der Waals surface area contributed by atoms with E-state index in [0.717, 1.165) is 11.1 Å². The van der Waals surface area contributed by atoms with Crippen molar-refractivity contribution < 1.29 is 19.0 Å². The number of hydrogen-bond acceptors (Lipinski definition) is 7. The largest absolute Gasteiger partial charge is 0.443 e. The van der Waals surface area contributed by atoms with Gasteiger partial charge in [0.2, 0.25) is 0 Å². The topological polar surface area (TPSA) is 81.4 Å². The van der Waals surface area contributed by atoms with E-state index < -0.39 is 17.5 Å². The first-order chi connectivity index (χ1) is 16.8. The van der Waals surface area contributed by atoms with Gasteiger partial charge in [-0.25, -0.2) is 9.78 Å². The van der Waals surface area contributed by atoms with Gasteiger partial charge in [-0.2, -0.15) is 9.61 Å². The maximum Gasteiger partial charge on any atom is 0.416 e. The first-order valence-corrected chi connectivity index (χ1v) is 12.3. The highest BCUT2D eigenvalue weighted by Crippen LogP contribution is 2.32. The van der Waals surface area contributed by atoms with Gasteiger partial charge in [-0.15, -0.1) is 0 Å². The molecule has 4 rings (SSSR count). The van der Waals surface area contributed by atoms with Crippen LogP contribution in [0.3, 0.4) is 0 Å². The first-order valence-electron chi connectivity index (χ1n) is 12.3. The zero-order valence-electron chi connectivity index (χ0n) is 22.5. The average molecular weight is 496 g/mol. The van der Waals surface area contributed by atoms with E-state index in [0.29, 0.717) is 30.4 Å². The lowest BCUT2D eigenvalue weighted by Gasteiger charge is -2.30. The molecule has 3 aromatic rings. The molecule has 1 aliphatic heterocycles. The molecule has 0 aliphatic carbocycles. The maximum atomic E-state index is 13.6. The van der Waals surface area contributed by atoms with Gasteiger partial charge >= 0.3 is 6.09 Å². The third-order valence-electron chi connectivity index (χ3n) is 5.95. The quantitative estimate of drug-likeness (QED) is 0.457. The maximum absolute atomic E-state index is 13.6. The highest BCUT2D eigenvalue weighted by Gasteiger charge is 2.36. The van der Waals surface area contributed by atoms with Crippen LogP contribution < -0.4 is 9.80 Å². The number of carbonyl (C=O) groups is 1. The molecule has 0 N–H and O–H groups in total. The van der Waals surface area contributed by atoms with Crippen LogP contribution in [0.25, 0.3) is 5.65 Å². The SMILES string of the molecule is CC(C)c1cnn2c(N(Cc3ccccc3)C(=O)OC(C)(C)C)cc(N(C)C3COC(C)(C)O3)nc12. The molecule has 9 heteroatoms. The molecule has 1 aliphatic rings. The predicted molar refractivity (Wildman–Crippen MR) is 139 cm³/mol. The molecule has 0 saturated carbocycles. The Labute approximate surface area is 213 Å². The Bertz CT molecular complexity index is 1220. The molecule has 1 saturated heterocycles. The predicted octanol–water partition coefficient (Wildman–Crippen LogP) is 5.34. The number of rotatable bonds is 6. The number of amides is 1. The number of carbonyl (C=O) groups excluding carboxylic acids is 1. The van der Waals surface area contributed by atoms with Crippen LogP contribution in [0.2, 0.25) is 0 Å². The molecule has 3 heterocycles. The van der Waals surface area contributed by atoms with Gasteiger partial charge in [0.25, 0.3) is 0 Å². The molecule has 9 nitrogen and oxygen atoms in total. The minimum absolute atomic E-state index is 0.192. The van der Waals surface area contributed by atoms with Crippen molar-refractivity contribution in [2.45, 2.75) is 78.5 Å². The Morgan fingerprint density at radius 1 is 1.25 bits per heavy atom. The standard InChI is InChI=1S/C27H37N5O4/c1-18(2)20-15-28-32-22(14-21(29-24(20)32)30(8)23-17-34-27(6,7)35-23)31(25(33)36-26(3,4)5)16-19-12-10-9-11-13-19/h9-15,18,23H,16-17H2,1-8H3. The number of fused-ring (bicyclic) bond motifs is 1. The zero-order valence-corrected chi connectivity index (χ0v) is 22.5. The Hall–Kier alpha value is -3.17. The van der Waals surface area contributed by atoms with Gasteiger partial charge in [0, 0.05) is 18.7 Å². The summed E-state index contributed by atoms with van der Waals surface area (Å²) >= 11 is 0. The minimum atomic E-state index is -0.679. The fourth-order valence-corrected chi connectivity index (χ4v) is 4.06. The number of benzene rings is 1. The summed E-state index contributed by atoms with van der Waals surface area (Å²) < 4.78 is 19.4. The van der Waals surface area contributed by atoms with Crippen LogP contribution in [-0.4, -0.2) is 52.0 Å². The second-order valence-electron chi connectivity index (χ2n) is 10.9. The number of anilines is 2. The van der Waals surface area contributed by atoms with Crippen LogP contribution >= 0.6 is 0 Å². The Balaban J connectivity index is 1.85. The van der Waals surface area contributed by atoms with Gasteiger partial charge in [0.05, 0.1) is 19.3 Å². The first kappa shape index (κ1) is 25.9. The van der Waals surface area contributed by atoms with Crippen LogP contribution in [0.5, 0.6) is 0 Å². The molecule has 36 heavy (non-hydrogen) atoms. The van der Waals surface area contributed by atoms with Gasteiger partial charge < -0.3 is 19.1 Å². The van der Waals surface area contributed by atoms with Gasteiger partial charge in [-0.05, 0) is 46.1 Å². The van der Waals surface area contributed by atoms with Crippen molar-refractivity contribution in [1.29, 1.82) is 0 Å². The summed E-state index contributed by atoms with van der Waals surface area (Å²) in [4.78, 5) is 22.0. The molecule has 0 spiro atoms. The third kappa shape index (κ3) is 5.63. The van der Waals surface area contributed by atoms with E-state index in [4.69, 9.17) is 19.2 Å². The Kier molecular flexibility index (Phi) is 6.99. The molecule has 2 aromatic heterocycles. The third-order valence-corrected chi connectivity index (χ3v) is 5.95. The smallest absolute Gasteiger partial charge is 0.416 e. The molecule has 1 atom stereocenters. The summed E-state index contributed by atoms with van der Waals surface area (Å²) in [6.07, 6.45) is 1.03. The lowest BCUT2D eigenvalue weighted by molar-refractivity contribution is -0.137. The fraction of sp³-hybridized carbons (Fsp3) is 0.519. The summed E-state index contributed by atoms with van der Waals surface area (Å²) in [5, 5.41) is 4.63. The fourth-order valence-electron chi connectivity index (χ4n) is 4.06. The van der Waals surface area contributed by atoms with E-state index >= 15 is 0 Å². The summed E-state index contributed by atoms with van der Waals surface area (Å²) in [5.74, 6) is 0.719. The normalized spacial score (nSPS) is 17.5. The number of ether oxygens (including phenoxy) is 3. The Morgan fingerprint density at radius 2 is 1.94 bits per heavy atom. The second-order valence-corrected chi connectivity index (χ2v) is 10.9. The average Bonchev–Trinajstić information content (AvgIpc) is 3.39. The lowest BCUT2D eigenvalue weighted by atomic mass is 10.1. The summed E-state index contributed by atoms with van der Waals surface area (Å²) in [6.45, 7) is 14.3.